The highest BCUT2D eigenvalue weighted by molar-refractivity contribution is 5.83. The van der Waals surface area contributed by atoms with E-state index in [0.717, 1.165) is 5.56 Å². The first-order valence-corrected chi connectivity index (χ1v) is 8.93. The lowest BCUT2D eigenvalue weighted by molar-refractivity contribution is -0.141. The third kappa shape index (κ3) is 6.20. The summed E-state index contributed by atoms with van der Waals surface area (Å²) >= 11 is 0. The average molecular weight is 380 g/mol. The number of likely N-dealkylation sites (tertiary alicyclic amines) is 1. The fourth-order valence-electron chi connectivity index (χ4n) is 2.88. The highest BCUT2D eigenvalue weighted by Crippen LogP contribution is 2.15. The third-order valence-corrected chi connectivity index (χ3v) is 4.21. The molecule has 1 fully saturated rings. The third-order valence-electron chi connectivity index (χ3n) is 4.21. The van der Waals surface area contributed by atoms with Gasteiger partial charge in [0.2, 0.25) is 0 Å². The zero-order valence-electron chi connectivity index (χ0n) is 15.8. The van der Waals surface area contributed by atoms with Crippen molar-refractivity contribution in [2.75, 3.05) is 13.1 Å². The summed E-state index contributed by atoms with van der Waals surface area (Å²) in [6.07, 6.45) is -4.17. The van der Waals surface area contributed by atoms with Gasteiger partial charge < -0.3 is 30.3 Å². The van der Waals surface area contributed by atoms with Crippen molar-refractivity contribution in [1.29, 1.82) is 0 Å². The van der Waals surface area contributed by atoms with Crippen molar-refractivity contribution >= 4 is 12.0 Å². The second-order valence-electron chi connectivity index (χ2n) is 7.77. The molecular weight excluding hydrogens is 352 g/mol. The van der Waals surface area contributed by atoms with Gasteiger partial charge in [0, 0.05) is 13.1 Å². The highest BCUT2D eigenvalue weighted by Gasteiger charge is 2.38. The number of alkyl carbamates (subject to hydrolysis) is 1. The minimum absolute atomic E-state index is 0.0679. The van der Waals surface area contributed by atoms with Crippen molar-refractivity contribution in [3.05, 3.63) is 35.9 Å². The lowest BCUT2D eigenvalue weighted by Gasteiger charge is -2.28. The molecular formula is C19H28N2O6. The lowest BCUT2D eigenvalue weighted by Crippen LogP contribution is -2.53. The van der Waals surface area contributed by atoms with E-state index in [2.05, 4.69) is 5.32 Å². The van der Waals surface area contributed by atoms with E-state index in [1.165, 1.54) is 4.90 Å². The molecule has 0 spiro atoms. The molecule has 1 heterocycles. The molecule has 0 saturated carbocycles. The Morgan fingerprint density at radius 1 is 1.19 bits per heavy atom. The number of β-amino-alcohol motifs (C(OH)–C–C–N with tert-alkyl or cyclic N) is 2. The van der Waals surface area contributed by atoms with Gasteiger partial charge in [0.25, 0.3) is 5.91 Å². The Hall–Kier alpha value is -2.16. The Labute approximate surface area is 158 Å². The molecule has 27 heavy (non-hydrogen) atoms. The topological polar surface area (TPSA) is 119 Å². The molecule has 8 heteroatoms. The molecule has 0 aliphatic carbocycles. The molecule has 1 aromatic carbocycles. The van der Waals surface area contributed by atoms with Crippen LogP contribution in [0.4, 0.5) is 4.79 Å². The minimum atomic E-state index is -1.55. The van der Waals surface area contributed by atoms with Crippen LogP contribution >= 0.6 is 0 Å². The van der Waals surface area contributed by atoms with E-state index in [4.69, 9.17) is 4.74 Å². The summed E-state index contributed by atoms with van der Waals surface area (Å²) in [6, 6.07) is 8.20. The molecule has 1 saturated heterocycles. The van der Waals surface area contributed by atoms with Crippen molar-refractivity contribution in [2.45, 2.75) is 57.1 Å². The van der Waals surface area contributed by atoms with E-state index in [1.54, 1.807) is 20.8 Å². The van der Waals surface area contributed by atoms with Gasteiger partial charge >= 0.3 is 6.09 Å². The van der Waals surface area contributed by atoms with Crippen LogP contribution in [-0.4, -0.2) is 75.3 Å². The molecule has 4 N–H and O–H groups in total. The summed E-state index contributed by atoms with van der Waals surface area (Å²) in [7, 11) is 0. The van der Waals surface area contributed by atoms with Gasteiger partial charge in [0.1, 0.15) is 5.60 Å². The summed E-state index contributed by atoms with van der Waals surface area (Å²) < 4.78 is 5.23. The molecule has 2 rings (SSSR count). The van der Waals surface area contributed by atoms with E-state index in [0.29, 0.717) is 0 Å². The van der Waals surface area contributed by atoms with Crippen LogP contribution in [0.15, 0.2) is 30.3 Å². The Morgan fingerprint density at radius 3 is 2.26 bits per heavy atom. The van der Waals surface area contributed by atoms with Crippen LogP contribution in [0.1, 0.15) is 26.3 Å². The fraction of sp³-hybridized carbons (Fsp3) is 0.579. The number of hydrogen-bond acceptors (Lipinski definition) is 6. The number of amides is 2. The monoisotopic (exact) mass is 380 g/mol. The summed E-state index contributed by atoms with van der Waals surface area (Å²) in [5, 5.41) is 32.4. The zero-order chi connectivity index (χ0) is 20.2. The van der Waals surface area contributed by atoms with E-state index < -0.39 is 42.0 Å². The number of aliphatic hydroxyl groups is 3. The summed E-state index contributed by atoms with van der Waals surface area (Å²) in [5.41, 5.74) is 0.103. The fourth-order valence-corrected chi connectivity index (χ4v) is 2.88. The molecule has 0 bridgehead atoms. The average Bonchev–Trinajstić information content (AvgIpc) is 2.91. The molecule has 2 amide bonds. The van der Waals surface area contributed by atoms with Crippen molar-refractivity contribution in [3.63, 3.8) is 0 Å². The normalized spacial score (nSPS) is 22.2. The quantitative estimate of drug-likeness (QED) is 0.573. The van der Waals surface area contributed by atoms with Crippen LogP contribution in [0.2, 0.25) is 0 Å². The molecule has 150 valence electrons. The van der Waals surface area contributed by atoms with E-state index in [9.17, 15) is 24.9 Å². The molecule has 1 aliphatic rings. The number of carbonyl (C=O) groups excluding carboxylic acids is 2. The van der Waals surface area contributed by atoms with E-state index >= 15 is 0 Å². The first kappa shape index (κ1) is 21.1. The standard InChI is InChI=1S/C19H28N2O6/c1-19(2,3)27-18(26)20-13(9-12-7-5-4-6-8-12)16(24)17(25)21-10-14(22)15(23)11-21/h4-8,13-16,22-24H,9-11H2,1-3H3,(H,20,26)/t13-,14-,15+,16+/m0/s1. The van der Waals surface area contributed by atoms with Crippen LogP contribution in [0.3, 0.4) is 0 Å². The summed E-state index contributed by atoms with van der Waals surface area (Å²) in [4.78, 5) is 25.9. The molecule has 8 nitrogen and oxygen atoms in total. The summed E-state index contributed by atoms with van der Waals surface area (Å²) in [6.45, 7) is 5.01. The number of rotatable bonds is 5. The highest BCUT2D eigenvalue weighted by atomic mass is 16.6. The minimum Gasteiger partial charge on any atom is -0.444 e. The Morgan fingerprint density at radius 2 is 1.74 bits per heavy atom. The molecule has 1 aliphatic heterocycles. The van der Waals surface area contributed by atoms with Crippen LogP contribution in [0, 0.1) is 0 Å². The Balaban J connectivity index is 2.12. The smallest absolute Gasteiger partial charge is 0.407 e. The second-order valence-corrected chi connectivity index (χ2v) is 7.77. The van der Waals surface area contributed by atoms with Crippen molar-refractivity contribution < 1.29 is 29.6 Å². The number of hydrogen-bond donors (Lipinski definition) is 4. The van der Waals surface area contributed by atoms with E-state index in [-0.39, 0.29) is 19.5 Å². The number of aliphatic hydroxyl groups excluding tert-OH is 3. The maximum absolute atomic E-state index is 12.6. The Kier molecular flexibility index (Phi) is 6.80. The van der Waals surface area contributed by atoms with Crippen LogP contribution in [0.5, 0.6) is 0 Å². The van der Waals surface area contributed by atoms with Crippen molar-refractivity contribution in [3.8, 4) is 0 Å². The first-order valence-electron chi connectivity index (χ1n) is 8.93. The molecule has 4 atom stereocenters. The van der Waals surface area contributed by atoms with Gasteiger partial charge in [0.15, 0.2) is 6.10 Å². The van der Waals surface area contributed by atoms with Gasteiger partial charge in [-0.05, 0) is 32.8 Å². The van der Waals surface area contributed by atoms with Gasteiger partial charge in [-0.3, -0.25) is 4.79 Å². The zero-order valence-corrected chi connectivity index (χ0v) is 15.8. The SMILES string of the molecule is CC(C)(C)OC(=O)N[C@@H](Cc1ccccc1)[C@@H](O)C(=O)N1C[C@@H](O)[C@@H](O)C1. The van der Waals surface area contributed by atoms with Crippen LogP contribution < -0.4 is 5.32 Å². The van der Waals surface area contributed by atoms with Gasteiger partial charge in [-0.15, -0.1) is 0 Å². The van der Waals surface area contributed by atoms with Crippen LogP contribution in [-0.2, 0) is 16.0 Å². The number of ether oxygens (including phenoxy) is 1. The largest absolute Gasteiger partial charge is 0.444 e. The molecule has 0 aromatic heterocycles. The maximum Gasteiger partial charge on any atom is 0.407 e. The number of nitrogens with one attached hydrogen (secondary N) is 1. The van der Waals surface area contributed by atoms with Crippen LogP contribution in [0.25, 0.3) is 0 Å². The van der Waals surface area contributed by atoms with Crippen molar-refractivity contribution in [2.24, 2.45) is 0 Å². The number of nitrogens with zero attached hydrogens (tertiary/aromatic N) is 1. The number of benzene rings is 1. The predicted octanol–water partition coefficient (Wildman–Crippen LogP) is 0.0473. The maximum atomic E-state index is 12.6. The lowest BCUT2D eigenvalue weighted by atomic mass is 10.0. The van der Waals surface area contributed by atoms with Gasteiger partial charge in [-0.25, -0.2) is 4.79 Å². The van der Waals surface area contributed by atoms with Gasteiger partial charge in [-0.1, -0.05) is 30.3 Å². The number of carbonyl (C=O) groups is 2. The van der Waals surface area contributed by atoms with Crippen molar-refractivity contribution in [1.82, 2.24) is 10.2 Å². The predicted molar refractivity (Wildman–Crippen MR) is 97.9 cm³/mol. The Bertz CT molecular complexity index is 635. The van der Waals surface area contributed by atoms with Gasteiger partial charge in [-0.2, -0.15) is 0 Å². The summed E-state index contributed by atoms with van der Waals surface area (Å²) in [5.74, 6) is -0.664. The molecule has 0 unspecified atom stereocenters. The van der Waals surface area contributed by atoms with Gasteiger partial charge in [0.05, 0.1) is 18.2 Å². The second kappa shape index (κ2) is 8.69. The first-order chi connectivity index (χ1) is 12.6. The van der Waals surface area contributed by atoms with E-state index in [1.807, 2.05) is 30.3 Å². The molecule has 0 radical (unpaired) electrons. The molecule has 1 aromatic rings.